The number of anilines is 2. The van der Waals surface area contributed by atoms with Crippen LogP contribution in [-0.2, 0) is 0 Å². The Morgan fingerprint density at radius 2 is 2.06 bits per heavy atom. The molecule has 1 rings (SSSR count). The molecule has 0 aliphatic rings. The summed E-state index contributed by atoms with van der Waals surface area (Å²) in [6.07, 6.45) is 1.00. The summed E-state index contributed by atoms with van der Waals surface area (Å²) < 4.78 is 13.1. The van der Waals surface area contributed by atoms with Gasteiger partial charge in [-0.3, -0.25) is 0 Å². The monoisotopic (exact) mass is 225 g/mol. The topological polar surface area (TPSA) is 41.3 Å². The molecular formula is C12H20FN3. The van der Waals surface area contributed by atoms with Crippen molar-refractivity contribution in [2.24, 2.45) is 0 Å². The molecule has 3 nitrogen and oxygen atoms in total. The lowest BCUT2D eigenvalue weighted by atomic mass is 10.2. The molecule has 16 heavy (non-hydrogen) atoms. The van der Waals surface area contributed by atoms with Crippen LogP contribution in [0.15, 0.2) is 18.2 Å². The van der Waals surface area contributed by atoms with Gasteiger partial charge in [-0.1, -0.05) is 0 Å². The van der Waals surface area contributed by atoms with E-state index in [1.165, 1.54) is 12.1 Å². The number of hydrogen-bond acceptors (Lipinski definition) is 3. The first-order valence-corrected chi connectivity index (χ1v) is 5.44. The summed E-state index contributed by atoms with van der Waals surface area (Å²) >= 11 is 0. The lowest BCUT2D eigenvalue weighted by Gasteiger charge is -2.18. The molecule has 1 unspecified atom stereocenters. The zero-order valence-electron chi connectivity index (χ0n) is 10.1. The maximum absolute atomic E-state index is 13.1. The molecule has 0 amide bonds. The second-order valence-electron chi connectivity index (χ2n) is 4.41. The van der Waals surface area contributed by atoms with Gasteiger partial charge in [0.15, 0.2) is 0 Å². The van der Waals surface area contributed by atoms with Gasteiger partial charge in [-0.05, 0) is 52.2 Å². The summed E-state index contributed by atoms with van der Waals surface area (Å²) in [7, 11) is 4.07. The summed E-state index contributed by atoms with van der Waals surface area (Å²) in [5.74, 6) is -0.303. The Hall–Kier alpha value is -1.29. The van der Waals surface area contributed by atoms with Crippen LogP contribution in [0, 0.1) is 5.82 Å². The van der Waals surface area contributed by atoms with Crippen LogP contribution in [0.3, 0.4) is 0 Å². The highest BCUT2D eigenvalue weighted by Gasteiger charge is 2.04. The highest BCUT2D eigenvalue weighted by molar-refractivity contribution is 5.55. The molecule has 1 aromatic rings. The summed E-state index contributed by atoms with van der Waals surface area (Å²) in [4.78, 5) is 2.12. The summed E-state index contributed by atoms with van der Waals surface area (Å²) in [5, 5.41) is 3.23. The Morgan fingerprint density at radius 1 is 1.38 bits per heavy atom. The zero-order chi connectivity index (χ0) is 12.1. The van der Waals surface area contributed by atoms with Crippen LogP contribution < -0.4 is 11.1 Å². The first kappa shape index (κ1) is 12.8. The van der Waals surface area contributed by atoms with E-state index in [2.05, 4.69) is 17.1 Å². The molecule has 0 aliphatic heterocycles. The van der Waals surface area contributed by atoms with Gasteiger partial charge < -0.3 is 16.0 Å². The fraction of sp³-hybridized carbons (Fsp3) is 0.500. The van der Waals surface area contributed by atoms with Crippen LogP contribution in [0.4, 0.5) is 15.8 Å². The van der Waals surface area contributed by atoms with Crippen LogP contribution >= 0.6 is 0 Å². The van der Waals surface area contributed by atoms with Crippen molar-refractivity contribution in [2.45, 2.75) is 19.4 Å². The molecule has 0 spiro atoms. The molecule has 90 valence electrons. The van der Waals surface area contributed by atoms with Crippen molar-refractivity contribution >= 4 is 11.4 Å². The Kier molecular flexibility index (Phi) is 4.55. The Balaban J connectivity index is 2.52. The third-order valence-corrected chi connectivity index (χ3v) is 2.34. The third-order valence-electron chi connectivity index (χ3n) is 2.34. The molecule has 0 saturated heterocycles. The fourth-order valence-corrected chi connectivity index (χ4v) is 1.50. The van der Waals surface area contributed by atoms with Gasteiger partial charge in [0.05, 0.1) is 0 Å². The van der Waals surface area contributed by atoms with Gasteiger partial charge in [0.1, 0.15) is 5.82 Å². The molecule has 0 aromatic heterocycles. The molecule has 0 heterocycles. The maximum atomic E-state index is 13.1. The van der Waals surface area contributed by atoms with Crippen molar-refractivity contribution in [3.8, 4) is 0 Å². The van der Waals surface area contributed by atoms with Crippen molar-refractivity contribution in [3.63, 3.8) is 0 Å². The average Bonchev–Trinajstić information content (AvgIpc) is 2.12. The van der Waals surface area contributed by atoms with Crippen molar-refractivity contribution in [2.75, 3.05) is 31.7 Å². The minimum absolute atomic E-state index is 0.295. The number of nitrogens with one attached hydrogen (secondary N) is 1. The number of nitrogens with two attached hydrogens (primary N) is 1. The predicted octanol–water partition coefficient (Wildman–Crippen LogP) is 2.16. The van der Waals surface area contributed by atoms with Gasteiger partial charge in [0, 0.05) is 17.4 Å². The Labute approximate surface area is 96.4 Å². The number of nitrogens with zero attached hydrogens (tertiary/aromatic N) is 1. The first-order chi connectivity index (χ1) is 7.47. The second kappa shape index (κ2) is 5.70. The smallest absolute Gasteiger partial charge is 0.127 e. The molecule has 0 aliphatic carbocycles. The van der Waals surface area contributed by atoms with Gasteiger partial charge in [0.25, 0.3) is 0 Å². The van der Waals surface area contributed by atoms with Crippen LogP contribution in [-0.4, -0.2) is 31.6 Å². The highest BCUT2D eigenvalue weighted by Crippen LogP contribution is 2.16. The van der Waals surface area contributed by atoms with E-state index in [9.17, 15) is 4.39 Å². The van der Waals surface area contributed by atoms with E-state index in [4.69, 9.17) is 5.73 Å². The van der Waals surface area contributed by atoms with Crippen molar-refractivity contribution in [1.29, 1.82) is 0 Å². The average molecular weight is 225 g/mol. The lowest BCUT2D eigenvalue weighted by Crippen LogP contribution is -2.23. The van der Waals surface area contributed by atoms with E-state index >= 15 is 0 Å². The van der Waals surface area contributed by atoms with E-state index in [0.717, 1.165) is 18.7 Å². The van der Waals surface area contributed by atoms with E-state index in [1.807, 2.05) is 14.1 Å². The molecule has 3 N–H and O–H groups in total. The molecule has 0 fully saturated rings. The normalized spacial score (nSPS) is 12.8. The van der Waals surface area contributed by atoms with Crippen LogP contribution in [0.2, 0.25) is 0 Å². The summed E-state index contributed by atoms with van der Waals surface area (Å²) in [5.41, 5.74) is 6.76. The van der Waals surface area contributed by atoms with Crippen LogP contribution in [0.1, 0.15) is 13.3 Å². The van der Waals surface area contributed by atoms with Crippen molar-refractivity contribution in [1.82, 2.24) is 4.90 Å². The van der Waals surface area contributed by atoms with Crippen molar-refractivity contribution in [3.05, 3.63) is 24.0 Å². The van der Waals surface area contributed by atoms with Crippen molar-refractivity contribution < 1.29 is 4.39 Å². The highest BCUT2D eigenvalue weighted by atomic mass is 19.1. The van der Waals surface area contributed by atoms with Gasteiger partial charge in [0.2, 0.25) is 0 Å². The number of benzene rings is 1. The standard InChI is InChI=1S/C12H20FN3/c1-9(4-5-16(2)3)15-12-7-10(13)6-11(14)8-12/h6-9,15H,4-5,14H2,1-3H3. The lowest BCUT2D eigenvalue weighted by molar-refractivity contribution is 0.390. The first-order valence-electron chi connectivity index (χ1n) is 5.44. The molecule has 0 saturated carbocycles. The largest absolute Gasteiger partial charge is 0.399 e. The Bertz CT molecular complexity index is 319. The summed E-state index contributed by atoms with van der Waals surface area (Å²) in [6, 6.07) is 4.82. The van der Waals surface area contributed by atoms with Gasteiger partial charge in [-0.25, -0.2) is 4.39 Å². The third kappa shape index (κ3) is 4.49. The molecule has 4 heteroatoms. The quantitative estimate of drug-likeness (QED) is 0.754. The summed E-state index contributed by atoms with van der Waals surface area (Å²) in [6.45, 7) is 3.07. The zero-order valence-corrected chi connectivity index (χ0v) is 10.1. The number of rotatable bonds is 5. The van der Waals surface area contributed by atoms with Crippen LogP contribution in [0.25, 0.3) is 0 Å². The molecule has 0 bridgehead atoms. The molecular weight excluding hydrogens is 205 g/mol. The van der Waals surface area contributed by atoms with Crippen LogP contribution in [0.5, 0.6) is 0 Å². The minimum Gasteiger partial charge on any atom is -0.399 e. The number of nitrogen functional groups attached to an aromatic ring is 1. The number of halogens is 1. The van der Waals surface area contributed by atoms with Gasteiger partial charge in [-0.2, -0.15) is 0 Å². The molecule has 1 aromatic carbocycles. The van der Waals surface area contributed by atoms with Gasteiger partial charge in [-0.15, -0.1) is 0 Å². The minimum atomic E-state index is -0.303. The number of hydrogen-bond donors (Lipinski definition) is 2. The molecule has 1 atom stereocenters. The fourth-order valence-electron chi connectivity index (χ4n) is 1.50. The van der Waals surface area contributed by atoms with E-state index in [-0.39, 0.29) is 5.82 Å². The second-order valence-corrected chi connectivity index (χ2v) is 4.41. The maximum Gasteiger partial charge on any atom is 0.127 e. The van der Waals surface area contributed by atoms with E-state index < -0.39 is 0 Å². The van der Waals surface area contributed by atoms with E-state index in [0.29, 0.717) is 11.7 Å². The SMILES string of the molecule is CC(CCN(C)C)Nc1cc(N)cc(F)c1. The van der Waals surface area contributed by atoms with Gasteiger partial charge >= 0.3 is 0 Å². The van der Waals surface area contributed by atoms with E-state index in [1.54, 1.807) is 6.07 Å². The molecule has 0 radical (unpaired) electrons. The Morgan fingerprint density at radius 3 is 2.62 bits per heavy atom. The predicted molar refractivity (Wildman–Crippen MR) is 67.1 cm³/mol.